The van der Waals surface area contributed by atoms with E-state index in [4.69, 9.17) is 15.5 Å². The molecule has 5 rings (SSSR count). The largest absolute Gasteiger partial charge is 0.378 e. The zero-order valence-corrected chi connectivity index (χ0v) is 18.8. The van der Waals surface area contributed by atoms with Crippen LogP contribution in [0.5, 0.6) is 0 Å². The topological polar surface area (TPSA) is 88.2 Å². The molecule has 1 saturated heterocycles. The molecule has 0 spiro atoms. The van der Waals surface area contributed by atoms with Gasteiger partial charge in [0.05, 0.1) is 19.8 Å². The van der Waals surface area contributed by atoms with Crippen LogP contribution in [-0.2, 0) is 21.6 Å². The highest BCUT2D eigenvalue weighted by molar-refractivity contribution is 6.09. The molecule has 3 aromatic carbocycles. The maximum Gasteiger partial charge on any atom is 0.266 e. The fourth-order valence-electron chi connectivity index (χ4n) is 4.57. The fourth-order valence-corrected chi connectivity index (χ4v) is 4.57. The number of carbonyl (C=O) groups excluding carboxylic acids is 2. The summed E-state index contributed by atoms with van der Waals surface area (Å²) >= 11 is 0. The van der Waals surface area contributed by atoms with E-state index in [1.165, 1.54) is 4.90 Å². The molecule has 0 radical (unpaired) electrons. The summed E-state index contributed by atoms with van der Waals surface area (Å²) in [5.41, 5.74) is 8.01. The van der Waals surface area contributed by atoms with Crippen LogP contribution in [0.4, 0.5) is 0 Å². The Bertz CT molecular complexity index is 1180. The molecule has 1 fully saturated rings. The van der Waals surface area contributed by atoms with Crippen molar-refractivity contribution in [3.05, 3.63) is 107 Å². The third-order valence-electron chi connectivity index (χ3n) is 6.31. The highest BCUT2D eigenvalue weighted by Crippen LogP contribution is 2.39. The predicted octanol–water partition coefficient (Wildman–Crippen LogP) is 2.76. The number of nitrogens with zero attached hydrogens (tertiary/aromatic N) is 3. The summed E-state index contributed by atoms with van der Waals surface area (Å²) in [6.07, 6.45) is 0. The minimum atomic E-state index is -1.24. The summed E-state index contributed by atoms with van der Waals surface area (Å²) in [4.78, 5) is 34.9. The first-order valence-corrected chi connectivity index (χ1v) is 11.3. The van der Waals surface area contributed by atoms with Crippen LogP contribution in [0.15, 0.2) is 89.9 Å². The smallest absolute Gasteiger partial charge is 0.266 e. The van der Waals surface area contributed by atoms with Gasteiger partial charge in [-0.25, -0.2) is 4.99 Å². The summed E-state index contributed by atoms with van der Waals surface area (Å²) in [6, 6.07) is 26.3. The zero-order valence-electron chi connectivity index (χ0n) is 18.8. The number of guanidine groups is 1. The molecule has 2 amide bonds. The van der Waals surface area contributed by atoms with Gasteiger partial charge in [-0.05, 0) is 28.8 Å². The standard InChI is InChI=1S/C27H26N4O3/c28-26-29-27(22-10-3-1-4-11-22,23-12-5-2-6-13-23)25(33)31(26)19-20-8-7-9-21(18-20)24(32)30-14-16-34-17-15-30/h1-13,18H,14-17,19H2,(H2,28,29). The molecule has 2 aliphatic rings. The molecule has 3 aromatic rings. The van der Waals surface area contributed by atoms with E-state index in [0.717, 1.165) is 16.7 Å². The van der Waals surface area contributed by atoms with Gasteiger partial charge in [0.2, 0.25) is 0 Å². The summed E-state index contributed by atoms with van der Waals surface area (Å²) in [6.45, 7) is 2.46. The lowest BCUT2D eigenvalue weighted by molar-refractivity contribution is -0.130. The Morgan fingerprint density at radius 3 is 2.15 bits per heavy atom. The molecule has 172 valence electrons. The second-order valence-electron chi connectivity index (χ2n) is 8.41. The van der Waals surface area contributed by atoms with Crippen molar-refractivity contribution in [3.63, 3.8) is 0 Å². The van der Waals surface area contributed by atoms with Gasteiger partial charge in [0.1, 0.15) is 0 Å². The number of hydrogen-bond donors (Lipinski definition) is 1. The van der Waals surface area contributed by atoms with Crippen LogP contribution in [0.3, 0.4) is 0 Å². The van der Waals surface area contributed by atoms with E-state index in [9.17, 15) is 9.59 Å². The normalized spacial score (nSPS) is 17.5. The van der Waals surface area contributed by atoms with E-state index in [-0.39, 0.29) is 24.3 Å². The molecule has 7 nitrogen and oxygen atoms in total. The highest BCUT2D eigenvalue weighted by atomic mass is 16.5. The SMILES string of the molecule is NC1=NC(c2ccccc2)(c2ccccc2)C(=O)N1Cc1cccc(C(=O)N2CCOCC2)c1. The van der Waals surface area contributed by atoms with E-state index in [1.54, 1.807) is 11.0 Å². The van der Waals surface area contributed by atoms with E-state index in [1.807, 2.05) is 78.9 Å². The Kier molecular flexibility index (Phi) is 5.86. The lowest BCUT2D eigenvalue weighted by atomic mass is 9.83. The van der Waals surface area contributed by atoms with E-state index in [0.29, 0.717) is 31.9 Å². The monoisotopic (exact) mass is 454 g/mol. The van der Waals surface area contributed by atoms with Crippen LogP contribution >= 0.6 is 0 Å². The minimum Gasteiger partial charge on any atom is -0.378 e. The Balaban J connectivity index is 1.46. The predicted molar refractivity (Wildman–Crippen MR) is 129 cm³/mol. The van der Waals surface area contributed by atoms with Gasteiger partial charge < -0.3 is 15.4 Å². The van der Waals surface area contributed by atoms with Crippen LogP contribution in [0.2, 0.25) is 0 Å². The van der Waals surface area contributed by atoms with Crippen LogP contribution in [0, 0.1) is 0 Å². The number of carbonyl (C=O) groups is 2. The molecule has 0 aromatic heterocycles. The van der Waals surface area contributed by atoms with Crippen LogP contribution in [-0.4, -0.2) is 53.9 Å². The highest BCUT2D eigenvalue weighted by Gasteiger charge is 2.50. The van der Waals surface area contributed by atoms with Crippen molar-refractivity contribution in [3.8, 4) is 0 Å². The van der Waals surface area contributed by atoms with Gasteiger partial charge in [-0.2, -0.15) is 0 Å². The summed E-state index contributed by atoms with van der Waals surface area (Å²) in [5, 5.41) is 0. The first-order chi connectivity index (χ1) is 16.6. The molecule has 2 aliphatic heterocycles. The fraction of sp³-hybridized carbons (Fsp3) is 0.222. The molecular weight excluding hydrogens is 428 g/mol. The first kappa shape index (κ1) is 21.9. The number of nitrogens with two attached hydrogens (primary N) is 1. The molecule has 0 unspecified atom stereocenters. The maximum absolute atomic E-state index is 14.0. The molecule has 2 N–H and O–H groups in total. The molecule has 2 heterocycles. The quantitative estimate of drug-likeness (QED) is 0.642. The van der Waals surface area contributed by atoms with Crippen LogP contribution in [0.1, 0.15) is 27.0 Å². The van der Waals surface area contributed by atoms with Gasteiger partial charge >= 0.3 is 0 Å². The van der Waals surface area contributed by atoms with Crippen molar-refractivity contribution >= 4 is 17.8 Å². The molecule has 34 heavy (non-hydrogen) atoms. The molecule has 0 saturated carbocycles. The van der Waals surface area contributed by atoms with Crippen molar-refractivity contribution < 1.29 is 14.3 Å². The van der Waals surface area contributed by atoms with Gasteiger partial charge in [-0.1, -0.05) is 72.8 Å². The zero-order chi connectivity index (χ0) is 23.5. The minimum absolute atomic E-state index is 0.0394. The Labute approximate surface area is 198 Å². The van der Waals surface area contributed by atoms with Crippen LogP contribution in [0.25, 0.3) is 0 Å². The molecule has 0 bridgehead atoms. The van der Waals surface area contributed by atoms with Crippen molar-refractivity contribution in [2.24, 2.45) is 10.7 Å². The second kappa shape index (κ2) is 9.11. The molecule has 7 heteroatoms. The average Bonchev–Trinajstić information content (AvgIpc) is 3.15. The van der Waals surface area contributed by atoms with E-state index in [2.05, 4.69) is 0 Å². The number of ether oxygens (including phenoxy) is 1. The first-order valence-electron chi connectivity index (χ1n) is 11.3. The van der Waals surface area contributed by atoms with Gasteiger partial charge in [0.15, 0.2) is 11.5 Å². The third kappa shape index (κ3) is 3.84. The maximum atomic E-state index is 14.0. The second-order valence-corrected chi connectivity index (χ2v) is 8.41. The Morgan fingerprint density at radius 1 is 0.912 bits per heavy atom. The molecule has 0 aliphatic carbocycles. The van der Waals surface area contributed by atoms with Crippen molar-refractivity contribution in [1.82, 2.24) is 9.80 Å². The number of aliphatic imine (C=N–C) groups is 1. The Hall–Kier alpha value is -3.97. The molecule has 0 atom stereocenters. The van der Waals surface area contributed by atoms with E-state index < -0.39 is 5.54 Å². The lowest BCUT2D eigenvalue weighted by Crippen LogP contribution is -2.43. The average molecular weight is 455 g/mol. The van der Waals surface area contributed by atoms with Crippen molar-refractivity contribution in [2.45, 2.75) is 12.1 Å². The summed E-state index contributed by atoms with van der Waals surface area (Å²) in [5.74, 6) is -0.0996. The number of rotatable bonds is 5. The summed E-state index contributed by atoms with van der Waals surface area (Å²) in [7, 11) is 0. The third-order valence-corrected chi connectivity index (χ3v) is 6.31. The number of amides is 2. The van der Waals surface area contributed by atoms with Crippen molar-refractivity contribution in [1.29, 1.82) is 0 Å². The van der Waals surface area contributed by atoms with E-state index >= 15 is 0 Å². The van der Waals surface area contributed by atoms with Gasteiger partial charge in [0.25, 0.3) is 11.8 Å². The number of benzene rings is 3. The van der Waals surface area contributed by atoms with Gasteiger partial charge in [0, 0.05) is 18.7 Å². The van der Waals surface area contributed by atoms with Crippen LogP contribution < -0.4 is 5.73 Å². The van der Waals surface area contributed by atoms with Crippen molar-refractivity contribution in [2.75, 3.05) is 26.3 Å². The summed E-state index contributed by atoms with van der Waals surface area (Å²) < 4.78 is 5.35. The van der Waals surface area contributed by atoms with Gasteiger partial charge in [-0.3, -0.25) is 14.5 Å². The molecular formula is C27H26N4O3. The van der Waals surface area contributed by atoms with Gasteiger partial charge in [-0.15, -0.1) is 0 Å². The number of morpholine rings is 1. The lowest BCUT2D eigenvalue weighted by Gasteiger charge is -2.28. The number of hydrogen-bond acceptors (Lipinski definition) is 5. The Morgan fingerprint density at radius 2 is 1.53 bits per heavy atom.